The topological polar surface area (TPSA) is 68.3 Å². The first-order valence-corrected chi connectivity index (χ1v) is 12.3. The normalized spacial score (nSPS) is 14.4. The van der Waals surface area contributed by atoms with Crippen molar-refractivity contribution < 1.29 is 9.47 Å². The third-order valence-corrected chi connectivity index (χ3v) is 6.98. The zero-order valence-corrected chi connectivity index (χ0v) is 20.7. The van der Waals surface area contributed by atoms with Crippen molar-refractivity contribution in [1.29, 1.82) is 0 Å². The van der Waals surface area contributed by atoms with Crippen molar-refractivity contribution in [3.63, 3.8) is 0 Å². The molecule has 1 fully saturated rings. The number of rotatable bonds is 8. The van der Waals surface area contributed by atoms with Crippen molar-refractivity contribution in [3.05, 3.63) is 61.0 Å². The van der Waals surface area contributed by atoms with Crippen molar-refractivity contribution in [1.82, 2.24) is 15.5 Å². The van der Waals surface area contributed by atoms with Gasteiger partial charge in [0.05, 0.1) is 20.1 Å². The van der Waals surface area contributed by atoms with Crippen molar-refractivity contribution in [2.75, 3.05) is 18.4 Å². The number of ether oxygens (including phenoxy) is 2. The first-order chi connectivity index (χ1) is 15.5. The molecule has 1 aliphatic heterocycles. The van der Waals surface area contributed by atoms with Crippen molar-refractivity contribution in [3.8, 4) is 11.5 Å². The number of nitrogens with zero attached hydrogens (tertiary/aromatic N) is 2. The highest BCUT2D eigenvalue weighted by molar-refractivity contribution is 7.15. The molecule has 1 aromatic heterocycles. The Morgan fingerprint density at radius 3 is 2.47 bits per heavy atom. The number of halogens is 4. The molecule has 6 nitrogen and oxygen atoms in total. The summed E-state index contributed by atoms with van der Waals surface area (Å²) in [6, 6.07) is 8.94. The second-order valence-corrected chi connectivity index (χ2v) is 9.86. The number of nitrogens with one attached hydrogen (secondary N) is 2. The van der Waals surface area contributed by atoms with Gasteiger partial charge in [-0.3, -0.25) is 0 Å². The first kappa shape index (κ1) is 23.7. The van der Waals surface area contributed by atoms with Gasteiger partial charge in [0.15, 0.2) is 5.01 Å². The summed E-state index contributed by atoms with van der Waals surface area (Å²) in [7, 11) is 0. The van der Waals surface area contributed by atoms with E-state index in [9.17, 15) is 0 Å². The van der Waals surface area contributed by atoms with Crippen LogP contribution >= 0.6 is 57.7 Å². The van der Waals surface area contributed by atoms with Crippen LogP contribution < -0.4 is 20.1 Å². The Hall–Kier alpha value is -1.48. The fourth-order valence-corrected chi connectivity index (χ4v) is 4.65. The number of anilines is 1. The maximum atomic E-state index is 6.43. The molecule has 11 heteroatoms. The smallest absolute Gasteiger partial charge is 0.206 e. The van der Waals surface area contributed by atoms with Crippen molar-refractivity contribution in [2.45, 2.75) is 32.1 Å². The quantitative estimate of drug-likeness (QED) is 0.323. The molecule has 0 saturated carbocycles. The highest BCUT2D eigenvalue weighted by Gasteiger charge is 2.16. The predicted octanol–water partition coefficient (Wildman–Crippen LogP) is 6.47. The molecule has 2 aromatic carbocycles. The lowest BCUT2D eigenvalue weighted by Gasteiger charge is -2.24. The van der Waals surface area contributed by atoms with Crippen LogP contribution in [0.15, 0.2) is 30.3 Å². The van der Waals surface area contributed by atoms with Gasteiger partial charge >= 0.3 is 0 Å². The van der Waals surface area contributed by atoms with Gasteiger partial charge in [0.1, 0.15) is 24.2 Å². The Morgan fingerprint density at radius 1 is 0.938 bits per heavy atom. The van der Waals surface area contributed by atoms with Gasteiger partial charge in [-0.05, 0) is 49.7 Å². The summed E-state index contributed by atoms with van der Waals surface area (Å²) in [4.78, 5) is 0. The van der Waals surface area contributed by atoms with E-state index in [1.807, 2.05) is 18.2 Å². The molecule has 32 heavy (non-hydrogen) atoms. The fourth-order valence-electron chi connectivity index (χ4n) is 3.16. The van der Waals surface area contributed by atoms with Gasteiger partial charge in [-0.2, -0.15) is 0 Å². The average Bonchev–Trinajstić information content (AvgIpc) is 3.24. The Balaban J connectivity index is 1.29. The van der Waals surface area contributed by atoms with E-state index in [-0.39, 0.29) is 12.7 Å². The molecular formula is C21H20Cl4N4O2S. The van der Waals surface area contributed by atoms with Crippen LogP contribution in [0.2, 0.25) is 20.1 Å². The van der Waals surface area contributed by atoms with Crippen LogP contribution in [0.4, 0.5) is 5.13 Å². The van der Waals surface area contributed by atoms with Crippen molar-refractivity contribution in [2.24, 2.45) is 0 Å². The van der Waals surface area contributed by atoms with Crippen LogP contribution in [0.1, 0.15) is 23.4 Å². The molecule has 0 atom stereocenters. The largest absolute Gasteiger partial charge is 0.489 e. The van der Waals surface area contributed by atoms with Gasteiger partial charge in [0.2, 0.25) is 5.13 Å². The van der Waals surface area contributed by atoms with Crippen molar-refractivity contribution >= 4 is 62.9 Å². The maximum Gasteiger partial charge on any atom is 0.206 e. The van der Waals surface area contributed by atoms with E-state index in [1.165, 1.54) is 11.3 Å². The number of hydrogen-bond donors (Lipinski definition) is 2. The molecule has 0 bridgehead atoms. The third kappa shape index (κ3) is 6.31. The molecular weight excluding hydrogens is 514 g/mol. The zero-order chi connectivity index (χ0) is 22.5. The number of aromatic nitrogens is 2. The summed E-state index contributed by atoms with van der Waals surface area (Å²) >= 11 is 25.9. The minimum atomic E-state index is 0.207. The van der Waals surface area contributed by atoms with Gasteiger partial charge in [-0.1, -0.05) is 63.8 Å². The van der Waals surface area contributed by atoms with Gasteiger partial charge in [0, 0.05) is 12.6 Å². The van der Waals surface area contributed by atoms with Crippen LogP contribution in [-0.4, -0.2) is 29.4 Å². The van der Waals surface area contributed by atoms with E-state index in [4.69, 9.17) is 55.9 Å². The van der Waals surface area contributed by atoms with Crippen LogP contribution in [0.25, 0.3) is 0 Å². The van der Waals surface area contributed by atoms with Gasteiger partial charge < -0.3 is 20.1 Å². The summed E-state index contributed by atoms with van der Waals surface area (Å²) in [5, 5.41) is 18.0. The van der Waals surface area contributed by atoms with Gasteiger partial charge in [-0.15, -0.1) is 10.2 Å². The molecule has 0 amide bonds. The lowest BCUT2D eigenvalue weighted by molar-refractivity contribution is 0.162. The Morgan fingerprint density at radius 2 is 1.69 bits per heavy atom. The maximum absolute atomic E-state index is 6.43. The monoisotopic (exact) mass is 532 g/mol. The van der Waals surface area contributed by atoms with E-state index in [1.54, 1.807) is 12.1 Å². The fraction of sp³-hybridized carbons (Fsp3) is 0.333. The van der Waals surface area contributed by atoms with Crippen LogP contribution in [0.5, 0.6) is 11.5 Å². The van der Waals surface area contributed by atoms with E-state index in [0.717, 1.165) is 37.2 Å². The first-order valence-electron chi connectivity index (χ1n) is 9.97. The molecule has 2 N–H and O–H groups in total. The van der Waals surface area contributed by atoms with E-state index in [0.29, 0.717) is 42.5 Å². The molecule has 2 heterocycles. The summed E-state index contributed by atoms with van der Waals surface area (Å²) in [5.74, 6) is 1.16. The van der Waals surface area contributed by atoms with E-state index < -0.39 is 0 Å². The second kappa shape index (κ2) is 11.1. The molecule has 1 saturated heterocycles. The van der Waals surface area contributed by atoms with Gasteiger partial charge in [0.25, 0.3) is 0 Å². The second-order valence-electron chi connectivity index (χ2n) is 7.17. The molecule has 170 valence electrons. The number of benzene rings is 2. The Labute approximate surface area is 210 Å². The van der Waals surface area contributed by atoms with Gasteiger partial charge in [-0.25, -0.2) is 0 Å². The van der Waals surface area contributed by atoms with E-state index >= 15 is 0 Å². The average molecular weight is 534 g/mol. The molecule has 0 spiro atoms. The van der Waals surface area contributed by atoms with Crippen LogP contribution in [-0.2, 0) is 13.2 Å². The zero-order valence-electron chi connectivity index (χ0n) is 16.8. The number of piperidine rings is 1. The standard InChI is InChI=1S/C21H20Cl4N4O2S/c22-14-8-17(25)19(9-15(14)23)30-11-20-28-29-21(32-20)27-10-12-1-2-18(16(24)7-12)31-13-3-5-26-6-4-13/h1-2,7-9,13,26H,3-6,10-11H2,(H,27,29). The minimum Gasteiger partial charge on any atom is -0.489 e. The summed E-state index contributed by atoms with van der Waals surface area (Å²) in [5.41, 5.74) is 1.02. The SMILES string of the molecule is Clc1cc(Cl)c(OCc2nnc(NCc3ccc(OC4CCNCC4)c(Cl)c3)s2)cc1Cl. The van der Waals surface area contributed by atoms with Crippen LogP contribution in [0, 0.1) is 0 Å². The molecule has 1 aliphatic rings. The molecule has 4 rings (SSSR count). The Kier molecular flexibility index (Phi) is 8.21. The highest BCUT2D eigenvalue weighted by atomic mass is 35.5. The van der Waals surface area contributed by atoms with E-state index in [2.05, 4.69) is 20.8 Å². The summed E-state index contributed by atoms with van der Waals surface area (Å²) in [6.45, 7) is 2.71. The summed E-state index contributed by atoms with van der Waals surface area (Å²) < 4.78 is 11.7. The summed E-state index contributed by atoms with van der Waals surface area (Å²) in [6.07, 6.45) is 2.18. The molecule has 0 unspecified atom stereocenters. The Bertz CT molecular complexity index is 1080. The number of hydrogen-bond acceptors (Lipinski definition) is 7. The third-order valence-electron chi connectivity index (χ3n) is 4.81. The molecule has 3 aromatic rings. The molecule has 0 radical (unpaired) electrons. The molecule has 0 aliphatic carbocycles. The highest BCUT2D eigenvalue weighted by Crippen LogP contribution is 2.34. The predicted molar refractivity (Wildman–Crippen MR) is 131 cm³/mol. The lowest BCUT2D eigenvalue weighted by Crippen LogP contribution is -2.34. The van der Waals surface area contributed by atoms with Crippen LogP contribution in [0.3, 0.4) is 0 Å². The lowest BCUT2D eigenvalue weighted by atomic mass is 10.1. The minimum absolute atomic E-state index is 0.207.